The number of hydrogen-bond donors (Lipinski definition) is 2. The standard InChI is InChI=1S/C13H22N4O2/c1-10-7-12(16-19-10)15-13(18)4-6-17-5-3-11(9-17)8-14-2/h7,11,14H,3-6,8-9H2,1-2H3,(H,15,16,18). The van der Waals surface area contributed by atoms with E-state index in [2.05, 4.69) is 20.7 Å². The third kappa shape index (κ3) is 4.33. The Bertz CT molecular complexity index is 419. The molecule has 0 radical (unpaired) electrons. The first-order chi connectivity index (χ1) is 9.17. The minimum Gasteiger partial charge on any atom is -0.360 e. The third-order valence-electron chi connectivity index (χ3n) is 3.41. The van der Waals surface area contributed by atoms with Gasteiger partial charge in [0.25, 0.3) is 0 Å². The van der Waals surface area contributed by atoms with E-state index in [9.17, 15) is 4.79 Å². The first-order valence-electron chi connectivity index (χ1n) is 6.77. The van der Waals surface area contributed by atoms with Crippen LogP contribution in [0.25, 0.3) is 0 Å². The Morgan fingerprint density at radius 2 is 2.47 bits per heavy atom. The molecule has 1 atom stereocenters. The summed E-state index contributed by atoms with van der Waals surface area (Å²) in [6, 6.07) is 1.72. The van der Waals surface area contributed by atoms with Crippen molar-refractivity contribution >= 4 is 11.7 Å². The molecule has 6 nitrogen and oxygen atoms in total. The lowest BCUT2D eigenvalue weighted by molar-refractivity contribution is -0.116. The molecule has 1 amide bonds. The summed E-state index contributed by atoms with van der Waals surface area (Å²) in [7, 11) is 1.98. The second-order valence-corrected chi connectivity index (χ2v) is 5.13. The van der Waals surface area contributed by atoms with E-state index >= 15 is 0 Å². The Labute approximate surface area is 113 Å². The summed E-state index contributed by atoms with van der Waals surface area (Å²) in [6.45, 7) is 5.83. The van der Waals surface area contributed by atoms with Gasteiger partial charge in [0.05, 0.1) is 0 Å². The van der Waals surface area contributed by atoms with E-state index in [1.54, 1.807) is 13.0 Å². The van der Waals surface area contributed by atoms with Crippen LogP contribution in [-0.4, -0.2) is 49.2 Å². The molecule has 1 aliphatic rings. The second kappa shape index (κ2) is 6.68. The third-order valence-corrected chi connectivity index (χ3v) is 3.41. The van der Waals surface area contributed by atoms with Crippen molar-refractivity contribution in [3.05, 3.63) is 11.8 Å². The lowest BCUT2D eigenvalue weighted by atomic mass is 10.1. The maximum Gasteiger partial charge on any atom is 0.226 e. The lowest BCUT2D eigenvalue weighted by Gasteiger charge is -2.15. The number of carbonyl (C=O) groups is 1. The van der Waals surface area contributed by atoms with Crippen LogP contribution in [0.2, 0.25) is 0 Å². The Morgan fingerprint density at radius 1 is 1.63 bits per heavy atom. The number of nitrogens with zero attached hydrogens (tertiary/aromatic N) is 2. The summed E-state index contributed by atoms with van der Waals surface area (Å²) in [5, 5.41) is 9.69. The molecular formula is C13H22N4O2. The van der Waals surface area contributed by atoms with Crippen molar-refractivity contribution in [1.82, 2.24) is 15.4 Å². The van der Waals surface area contributed by atoms with Crippen molar-refractivity contribution in [3.63, 3.8) is 0 Å². The molecule has 2 N–H and O–H groups in total. The molecule has 1 aromatic rings. The molecule has 1 aliphatic heterocycles. The highest BCUT2D eigenvalue weighted by Crippen LogP contribution is 2.15. The fraction of sp³-hybridized carbons (Fsp3) is 0.692. The zero-order valence-electron chi connectivity index (χ0n) is 11.6. The van der Waals surface area contributed by atoms with Crippen molar-refractivity contribution in [2.45, 2.75) is 19.8 Å². The van der Waals surface area contributed by atoms with Crippen LogP contribution in [0.15, 0.2) is 10.6 Å². The highest BCUT2D eigenvalue weighted by Gasteiger charge is 2.21. The van der Waals surface area contributed by atoms with Crippen molar-refractivity contribution in [1.29, 1.82) is 0 Å². The second-order valence-electron chi connectivity index (χ2n) is 5.13. The van der Waals surface area contributed by atoms with Gasteiger partial charge < -0.3 is 20.1 Å². The van der Waals surface area contributed by atoms with Crippen molar-refractivity contribution in [2.75, 3.05) is 38.5 Å². The molecule has 19 heavy (non-hydrogen) atoms. The van der Waals surface area contributed by atoms with E-state index in [-0.39, 0.29) is 5.91 Å². The highest BCUT2D eigenvalue weighted by molar-refractivity contribution is 5.89. The first-order valence-corrected chi connectivity index (χ1v) is 6.77. The van der Waals surface area contributed by atoms with Gasteiger partial charge in [-0.1, -0.05) is 5.16 Å². The summed E-state index contributed by atoms with van der Waals surface area (Å²) in [6.07, 6.45) is 1.71. The Balaban J connectivity index is 1.67. The van der Waals surface area contributed by atoms with Gasteiger partial charge in [0.15, 0.2) is 5.82 Å². The Hall–Kier alpha value is -1.40. The Morgan fingerprint density at radius 3 is 3.16 bits per heavy atom. The van der Waals surface area contributed by atoms with Crippen molar-refractivity contribution in [3.8, 4) is 0 Å². The molecule has 2 rings (SSSR count). The molecule has 106 valence electrons. The van der Waals surface area contributed by atoms with E-state index in [1.807, 2.05) is 7.05 Å². The number of rotatable bonds is 6. The van der Waals surface area contributed by atoms with Gasteiger partial charge >= 0.3 is 0 Å². The van der Waals surface area contributed by atoms with Crippen LogP contribution in [-0.2, 0) is 4.79 Å². The van der Waals surface area contributed by atoms with Crippen LogP contribution in [0.4, 0.5) is 5.82 Å². The van der Waals surface area contributed by atoms with Gasteiger partial charge in [-0.15, -0.1) is 0 Å². The average Bonchev–Trinajstić information content (AvgIpc) is 2.97. The topological polar surface area (TPSA) is 70.4 Å². The minimum atomic E-state index is -0.00892. The molecule has 6 heteroatoms. The van der Waals surface area contributed by atoms with E-state index in [0.717, 1.165) is 26.2 Å². The summed E-state index contributed by atoms with van der Waals surface area (Å²) < 4.78 is 4.90. The molecule has 0 aliphatic carbocycles. The van der Waals surface area contributed by atoms with Gasteiger partial charge in [-0.2, -0.15) is 0 Å². The Kier molecular flexibility index (Phi) is 4.93. The van der Waals surface area contributed by atoms with Gasteiger partial charge in [-0.05, 0) is 39.4 Å². The monoisotopic (exact) mass is 266 g/mol. The maximum absolute atomic E-state index is 11.8. The average molecular weight is 266 g/mol. The zero-order valence-corrected chi connectivity index (χ0v) is 11.6. The van der Waals surface area contributed by atoms with Crippen LogP contribution >= 0.6 is 0 Å². The maximum atomic E-state index is 11.8. The number of amides is 1. The zero-order chi connectivity index (χ0) is 13.7. The number of carbonyl (C=O) groups excluding carboxylic acids is 1. The van der Waals surface area contributed by atoms with E-state index in [1.165, 1.54) is 6.42 Å². The predicted molar refractivity (Wildman–Crippen MR) is 73.0 cm³/mol. The van der Waals surface area contributed by atoms with Crippen LogP contribution in [0.1, 0.15) is 18.6 Å². The predicted octanol–water partition coefficient (Wildman–Crippen LogP) is 0.853. The largest absolute Gasteiger partial charge is 0.360 e. The molecule has 1 unspecified atom stereocenters. The normalized spacial score (nSPS) is 19.8. The molecule has 0 aromatic carbocycles. The molecule has 1 saturated heterocycles. The number of aromatic nitrogens is 1. The van der Waals surface area contributed by atoms with E-state index < -0.39 is 0 Å². The fourth-order valence-electron chi connectivity index (χ4n) is 2.46. The summed E-state index contributed by atoms with van der Waals surface area (Å²) in [5.74, 6) is 1.90. The van der Waals surface area contributed by atoms with Gasteiger partial charge in [0.2, 0.25) is 5.91 Å². The molecule has 1 fully saturated rings. The van der Waals surface area contributed by atoms with Gasteiger partial charge in [-0.3, -0.25) is 4.79 Å². The molecule has 1 aromatic heterocycles. The molecule has 0 bridgehead atoms. The quantitative estimate of drug-likeness (QED) is 0.799. The van der Waals surface area contributed by atoms with Crippen LogP contribution < -0.4 is 10.6 Å². The molecular weight excluding hydrogens is 244 g/mol. The number of likely N-dealkylation sites (tertiary alicyclic amines) is 1. The number of anilines is 1. The van der Waals surface area contributed by atoms with Crippen LogP contribution in [0.3, 0.4) is 0 Å². The van der Waals surface area contributed by atoms with Gasteiger partial charge in [0, 0.05) is 25.6 Å². The van der Waals surface area contributed by atoms with E-state index in [4.69, 9.17) is 4.52 Å². The minimum absolute atomic E-state index is 0.00892. The molecule has 0 spiro atoms. The number of hydrogen-bond acceptors (Lipinski definition) is 5. The van der Waals surface area contributed by atoms with Gasteiger partial charge in [0.1, 0.15) is 5.76 Å². The highest BCUT2D eigenvalue weighted by atomic mass is 16.5. The summed E-state index contributed by atoms with van der Waals surface area (Å²) in [5.41, 5.74) is 0. The number of aryl methyl sites for hydroxylation is 1. The molecule has 0 saturated carbocycles. The summed E-state index contributed by atoms with van der Waals surface area (Å²) in [4.78, 5) is 14.1. The van der Waals surface area contributed by atoms with Crippen LogP contribution in [0.5, 0.6) is 0 Å². The fourth-order valence-corrected chi connectivity index (χ4v) is 2.46. The van der Waals surface area contributed by atoms with E-state index in [0.29, 0.717) is 23.9 Å². The van der Waals surface area contributed by atoms with Crippen molar-refractivity contribution in [2.24, 2.45) is 5.92 Å². The van der Waals surface area contributed by atoms with Crippen molar-refractivity contribution < 1.29 is 9.32 Å². The lowest BCUT2D eigenvalue weighted by Crippen LogP contribution is -2.27. The molecule has 2 heterocycles. The smallest absolute Gasteiger partial charge is 0.226 e. The SMILES string of the molecule is CNCC1CCN(CCC(=O)Nc2cc(C)on2)C1. The first kappa shape index (κ1) is 14.0. The van der Waals surface area contributed by atoms with Crippen LogP contribution in [0, 0.1) is 12.8 Å². The number of nitrogens with one attached hydrogen (secondary N) is 2. The van der Waals surface area contributed by atoms with Gasteiger partial charge in [-0.25, -0.2) is 0 Å². The summed E-state index contributed by atoms with van der Waals surface area (Å²) >= 11 is 0.